The monoisotopic (exact) mass is 343 g/mol. The minimum Gasteiger partial charge on any atom is -0.359 e. The molecular weight excluding hydrogens is 328 g/mol. The molecule has 25 heavy (non-hydrogen) atoms. The Hall–Kier alpha value is -2.84. The van der Waals surface area contributed by atoms with E-state index in [0.717, 1.165) is 17.7 Å². The van der Waals surface area contributed by atoms with Crippen molar-refractivity contribution in [2.75, 3.05) is 5.32 Å². The number of hydrazine groups is 1. The molecule has 8 heteroatoms. The number of halogens is 2. The average molecular weight is 343 g/mol. The number of amides is 1. The molecule has 0 aliphatic carbocycles. The van der Waals surface area contributed by atoms with Gasteiger partial charge in [-0.3, -0.25) is 9.78 Å². The van der Waals surface area contributed by atoms with E-state index in [4.69, 9.17) is 0 Å². The van der Waals surface area contributed by atoms with Crippen molar-refractivity contribution < 1.29 is 13.6 Å². The van der Waals surface area contributed by atoms with Crippen LogP contribution < -0.4 is 16.2 Å². The zero-order valence-corrected chi connectivity index (χ0v) is 13.0. The zero-order valence-electron chi connectivity index (χ0n) is 13.0. The molecule has 1 saturated heterocycles. The highest BCUT2D eigenvalue weighted by Gasteiger charge is 2.30. The van der Waals surface area contributed by atoms with E-state index in [9.17, 15) is 13.6 Å². The number of benzene rings is 1. The van der Waals surface area contributed by atoms with Crippen LogP contribution in [-0.4, -0.2) is 21.9 Å². The van der Waals surface area contributed by atoms with Gasteiger partial charge in [-0.2, -0.15) is 0 Å². The molecular formula is C17H15F2N5O. The maximum atomic E-state index is 13.5. The number of rotatable bonds is 3. The lowest BCUT2D eigenvalue weighted by Crippen LogP contribution is -2.39. The van der Waals surface area contributed by atoms with Crippen LogP contribution in [0, 0.1) is 11.6 Å². The molecule has 3 heterocycles. The number of hydrogen-bond donors (Lipinski definition) is 4. The summed E-state index contributed by atoms with van der Waals surface area (Å²) in [4.78, 5) is 19.3. The Kier molecular flexibility index (Phi) is 3.90. The molecule has 1 aliphatic heterocycles. The Balaban J connectivity index is 1.49. The normalized spacial score (nSPS) is 20.1. The molecule has 1 aliphatic rings. The fourth-order valence-electron chi connectivity index (χ4n) is 2.98. The highest BCUT2D eigenvalue weighted by Crippen LogP contribution is 2.27. The summed E-state index contributed by atoms with van der Waals surface area (Å²) < 4.78 is 26.7. The predicted octanol–water partition coefficient (Wildman–Crippen LogP) is 2.39. The topological polar surface area (TPSA) is 81.8 Å². The van der Waals surface area contributed by atoms with Gasteiger partial charge in [-0.05, 0) is 30.2 Å². The fraction of sp³-hybridized carbons (Fsp3) is 0.176. The van der Waals surface area contributed by atoms with E-state index in [1.807, 2.05) is 12.1 Å². The number of H-pyrrole nitrogens is 1. The molecule has 1 fully saturated rings. The number of nitrogens with one attached hydrogen (secondary N) is 4. The molecule has 0 saturated carbocycles. The summed E-state index contributed by atoms with van der Waals surface area (Å²) in [6.07, 6.45) is 5.47. The highest BCUT2D eigenvalue weighted by molar-refractivity contribution is 6.03. The van der Waals surface area contributed by atoms with E-state index < -0.39 is 17.7 Å². The van der Waals surface area contributed by atoms with Gasteiger partial charge in [-0.1, -0.05) is 0 Å². The Morgan fingerprint density at radius 2 is 1.92 bits per heavy atom. The Morgan fingerprint density at radius 1 is 1.16 bits per heavy atom. The van der Waals surface area contributed by atoms with E-state index in [1.165, 1.54) is 6.20 Å². The molecule has 2 aromatic heterocycles. The van der Waals surface area contributed by atoms with Gasteiger partial charge >= 0.3 is 0 Å². The maximum absolute atomic E-state index is 13.5. The molecule has 0 radical (unpaired) electrons. The van der Waals surface area contributed by atoms with Crippen LogP contribution in [0.2, 0.25) is 0 Å². The number of anilines is 1. The number of hydrogen-bond acceptors (Lipinski definition) is 4. The van der Waals surface area contributed by atoms with Crippen molar-refractivity contribution in [1.29, 1.82) is 0 Å². The minimum absolute atomic E-state index is 0.00624. The van der Waals surface area contributed by atoms with Gasteiger partial charge in [0.2, 0.25) is 5.91 Å². The number of aromatic amines is 1. The Bertz CT molecular complexity index is 927. The van der Waals surface area contributed by atoms with Gasteiger partial charge < -0.3 is 10.3 Å². The first-order valence-electron chi connectivity index (χ1n) is 7.80. The van der Waals surface area contributed by atoms with Gasteiger partial charge in [-0.25, -0.2) is 19.6 Å². The SMILES string of the molecule is O=C(Nc1c[nH]c2cc(F)c(F)cc12)C1CC(c2ccncc2)NN1. The first-order chi connectivity index (χ1) is 12.1. The summed E-state index contributed by atoms with van der Waals surface area (Å²) in [6.45, 7) is 0. The summed E-state index contributed by atoms with van der Waals surface area (Å²) in [5.41, 5.74) is 7.90. The Morgan fingerprint density at radius 3 is 2.72 bits per heavy atom. The van der Waals surface area contributed by atoms with E-state index in [1.54, 1.807) is 12.4 Å². The molecule has 1 aromatic carbocycles. The van der Waals surface area contributed by atoms with Crippen LogP contribution in [0.4, 0.5) is 14.5 Å². The third-order valence-electron chi connectivity index (χ3n) is 4.31. The van der Waals surface area contributed by atoms with Gasteiger partial charge in [0.1, 0.15) is 6.04 Å². The number of aromatic nitrogens is 2. The molecule has 2 unspecified atom stereocenters. The van der Waals surface area contributed by atoms with Crippen LogP contribution in [0.5, 0.6) is 0 Å². The first kappa shape index (κ1) is 15.7. The number of fused-ring (bicyclic) bond motifs is 1. The van der Waals surface area contributed by atoms with Crippen molar-refractivity contribution in [1.82, 2.24) is 20.8 Å². The Labute approximate surface area is 141 Å². The number of nitrogens with zero attached hydrogens (tertiary/aromatic N) is 1. The van der Waals surface area contributed by atoms with Crippen LogP contribution in [0.3, 0.4) is 0 Å². The van der Waals surface area contributed by atoms with Crippen LogP contribution in [0.15, 0.2) is 42.9 Å². The van der Waals surface area contributed by atoms with Gasteiger partial charge in [0.15, 0.2) is 11.6 Å². The molecule has 3 aromatic rings. The van der Waals surface area contributed by atoms with E-state index >= 15 is 0 Å². The molecule has 2 atom stereocenters. The third-order valence-corrected chi connectivity index (χ3v) is 4.31. The van der Waals surface area contributed by atoms with Crippen molar-refractivity contribution in [2.45, 2.75) is 18.5 Å². The number of pyridine rings is 1. The maximum Gasteiger partial charge on any atom is 0.242 e. The van der Waals surface area contributed by atoms with Crippen LogP contribution in [0.25, 0.3) is 10.9 Å². The molecule has 4 rings (SSSR count). The highest BCUT2D eigenvalue weighted by atomic mass is 19.2. The summed E-state index contributed by atoms with van der Waals surface area (Å²) in [5.74, 6) is -2.15. The second-order valence-corrected chi connectivity index (χ2v) is 5.91. The van der Waals surface area contributed by atoms with Crippen molar-refractivity contribution >= 4 is 22.5 Å². The lowest BCUT2D eigenvalue weighted by atomic mass is 10.0. The molecule has 1 amide bonds. The van der Waals surface area contributed by atoms with E-state index in [-0.39, 0.29) is 11.9 Å². The van der Waals surface area contributed by atoms with E-state index in [2.05, 4.69) is 26.1 Å². The lowest BCUT2D eigenvalue weighted by molar-refractivity contribution is -0.117. The standard InChI is InChI=1S/C17H15F2N5O/c18-11-5-10-14(6-12(11)19)21-8-16(10)22-17(25)15-7-13(23-24-15)9-1-3-20-4-2-9/h1-6,8,13,15,21,23-24H,7H2,(H,22,25). The van der Waals surface area contributed by atoms with Crippen LogP contribution >= 0.6 is 0 Å². The third kappa shape index (κ3) is 2.97. The molecule has 0 bridgehead atoms. The molecule has 4 N–H and O–H groups in total. The molecule has 0 spiro atoms. The largest absolute Gasteiger partial charge is 0.359 e. The smallest absolute Gasteiger partial charge is 0.242 e. The number of carbonyl (C=O) groups is 1. The van der Waals surface area contributed by atoms with Crippen molar-refractivity contribution in [3.63, 3.8) is 0 Å². The fourth-order valence-corrected chi connectivity index (χ4v) is 2.98. The van der Waals surface area contributed by atoms with Crippen molar-refractivity contribution in [2.24, 2.45) is 0 Å². The average Bonchev–Trinajstić information content (AvgIpc) is 3.25. The van der Waals surface area contributed by atoms with Gasteiger partial charge in [0.25, 0.3) is 0 Å². The number of carbonyl (C=O) groups excluding carboxylic acids is 1. The van der Waals surface area contributed by atoms with Gasteiger partial charge in [0.05, 0.1) is 11.2 Å². The summed E-state index contributed by atoms with van der Waals surface area (Å²) in [6, 6.07) is 5.45. The molecule has 128 valence electrons. The van der Waals surface area contributed by atoms with E-state index in [0.29, 0.717) is 23.0 Å². The summed E-state index contributed by atoms with van der Waals surface area (Å²) in [5, 5.41) is 3.17. The second-order valence-electron chi connectivity index (χ2n) is 5.91. The first-order valence-corrected chi connectivity index (χ1v) is 7.80. The predicted molar refractivity (Wildman–Crippen MR) is 88.5 cm³/mol. The van der Waals surface area contributed by atoms with Crippen LogP contribution in [-0.2, 0) is 4.79 Å². The molecule has 6 nitrogen and oxygen atoms in total. The van der Waals surface area contributed by atoms with Crippen molar-refractivity contribution in [3.05, 3.63) is 60.1 Å². The summed E-state index contributed by atoms with van der Waals surface area (Å²) >= 11 is 0. The second kappa shape index (κ2) is 6.23. The zero-order chi connectivity index (χ0) is 17.4. The minimum atomic E-state index is -0.957. The quantitative estimate of drug-likeness (QED) is 0.589. The lowest BCUT2D eigenvalue weighted by Gasteiger charge is -2.10. The van der Waals surface area contributed by atoms with Gasteiger partial charge in [-0.15, -0.1) is 0 Å². The summed E-state index contributed by atoms with van der Waals surface area (Å²) in [7, 11) is 0. The van der Waals surface area contributed by atoms with Gasteiger partial charge in [0, 0.05) is 36.1 Å². The van der Waals surface area contributed by atoms with Crippen LogP contribution in [0.1, 0.15) is 18.0 Å². The van der Waals surface area contributed by atoms with Crippen molar-refractivity contribution in [3.8, 4) is 0 Å².